The van der Waals surface area contributed by atoms with Gasteiger partial charge in [-0.25, -0.2) is 4.79 Å². The van der Waals surface area contributed by atoms with Crippen molar-refractivity contribution >= 4 is 44.1 Å². The van der Waals surface area contributed by atoms with E-state index in [1.807, 2.05) is 18.2 Å². The number of anilines is 3. The highest BCUT2D eigenvalue weighted by molar-refractivity contribution is 9.10. The zero-order valence-corrected chi connectivity index (χ0v) is 12.7. The summed E-state index contributed by atoms with van der Waals surface area (Å²) in [5, 5.41) is 3.19. The second-order valence-electron chi connectivity index (χ2n) is 4.42. The van der Waals surface area contributed by atoms with Crippen LogP contribution in [0.15, 0.2) is 44.0 Å². The SMILES string of the molecule is COc1ccc(Br)cc1Nc1cc2[nH]c(=O)oc2cc1N. The molecule has 0 amide bonds. The highest BCUT2D eigenvalue weighted by Gasteiger charge is 2.10. The van der Waals surface area contributed by atoms with Crippen molar-refractivity contribution in [2.24, 2.45) is 0 Å². The summed E-state index contributed by atoms with van der Waals surface area (Å²) >= 11 is 3.41. The molecule has 0 aliphatic heterocycles. The van der Waals surface area contributed by atoms with E-state index in [4.69, 9.17) is 14.9 Å². The number of aromatic nitrogens is 1. The highest BCUT2D eigenvalue weighted by atomic mass is 79.9. The molecule has 0 bridgehead atoms. The van der Waals surface area contributed by atoms with E-state index in [1.165, 1.54) is 0 Å². The average Bonchev–Trinajstić information content (AvgIpc) is 2.78. The average molecular weight is 350 g/mol. The summed E-state index contributed by atoms with van der Waals surface area (Å²) in [4.78, 5) is 13.8. The number of rotatable bonds is 3. The molecule has 3 rings (SSSR count). The second-order valence-corrected chi connectivity index (χ2v) is 5.34. The molecule has 3 aromatic rings. The lowest BCUT2D eigenvalue weighted by atomic mass is 10.2. The maximum Gasteiger partial charge on any atom is 0.417 e. The van der Waals surface area contributed by atoms with Gasteiger partial charge in [0.2, 0.25) is 0 Å². The number of nitrogens with one attached hydrogen (secondary N) is 2. The molecule has 2 aromatic carbocycles. The maximum absolute atomic E-state index is 11.2. The number of methoxy groups -OCH3 is 1. The molecule has 1 heterocycles. The fourth-order valence-corrected chi connectivity index (χ4v) is 2.41. The van der Waals surface area contributed by atoms with Crippen LogP contribution in [0.25, 0.3) is 11.1 Å². The Labute approximate surface area is 128 Å². The van der Waals surface area contributed by atoms with Crippen LogP contribution in [0.5, 0.6) is 5.75 Å². The van der Waals surface area contributed by atoms with Crippen LogP contribution >= 0.6 is 15.9 Å². The summed E-state index contributed by atoms with van der Waals surface area (Å²) < 4.78 is 11.2. The van der Waals surface area contributed by atoms with Crippen molar-refractivity contribution in [2.75, 3.05) is 18.2 Å². The van der Waals surface area contributed by atoms with Gasteiger partial charge in [-0.2, -0.15) is 0 Å². The summed E-state index contributed by atoms with van der Waals surface area (Å²) in [7, 11) is 1.59. The van der Waals surface area contributed by atoms with E-state index in [0.717, 1.165) is 10.2 Å². The molecular weight excluding hydrogens is 338 g/mol. The molecular formula is C14H12BrN3O3. The minimum atomic E-state index is -0.512. The van der Waals surface area contributed by atoms with Crippen molar-refractivity contribution in [3.8, 4) is 5.75 Å². The van der Waals surface area contributed by atoms with E-state index in [2.05, 4.69) is 26.2 Å². The van der Waals surface area contributed by atoms with Crippen LogP contribution < -0.4 is 21.5 Å². The third-order valence-corrected chi connectivity index (χ3v) is 3.52. The van der Waals surface area contributed by atoms with Gasteiger partial charge in [-0.3, -0.25) is 4.98 Å². The Morgan fingerprint density at radius 1 is 1.29 bits per heavy atom. The lowest BCUT2D eigenvalue weighted by Crippen LogP contribution is -1.98. The second kappa shape index (κ2) is 5.17. The van der Waals surface area contributed by atoms with E-state index in [9.17, 15) is 4.79 Å². The molecule has 21 heavy (non-hydrogen) atoms. The summed E-state index contributed by atoms with van der Waals surface area (Å²) in [5.74, 6) is 0.167. The van der Waals surface area contributed by atoms with Gasteiger partial charge in [0, 0.05) is 10.5 Å². The van der Waals surface area contributed by atoms with E-state index >= 15 is 0 Å². The van der Waals surface area contributed by atoms with Crippen molar-refractivity contribution in [2.45, 2.75) is 0 Å². The van der Waals surface area contributed by atoms with Gasteiger partial charge in [-0.15, -0.1) is 0 Å². The fourth-order valence-electron chi connectivity index (χ4n) is 2.04. The summed E-state index contributed by atoms with van der Waals surface area (Å²) in [6.45, 7) is 0. The zero-order valence-electron chi connectivity index (χ0n) is 11.1. The monoisotopic (exact) mass is 349 g/mol. The molecule has 0 atom stereocenters. The first-order valence-corrected chi connectivity index (χ1v) is 6.89. The number of halogens is 1. The van der Waals surface area contributed by atoms with Gasteiger partial charge in [-0.1, -0.05) is 15.9 Å². The number of fused-ring (bicyclic) bond motifs is 1. The third-order valence-electron chi connectivity index (χ3n) is 3.02. The van der Waals surface area contributed by atoms with Crippen molar-refractivity contribution in [3.05, 3.63) is 45.4 Å². The first kappa shape index (κ1) is 13.6. The van der Waals surface area contributed by atoms with Crippen LogP contribution in [0.1, 0.15) is 0 Å². The lowest BCUT2D eigenvalue weighted by molar-refractivity contribution is 0.417. The minimum absolute atomic E-state index is 0.421. The molecule has 0 saturated carbocycles. The number of nitrogen functional groups attached to an aromatic ring is 1. The van der Waals surface area contributed by atoms with Crippen LogP contribution in [0.4, 0.5) is 17.1 Å². The number of hydrogen-bond acceptors (Lipinski definition) is 5. The maximum atomic E-state index is 11.2. The number of aromatic amines is 1. The van der Waals surface area contributed by atoms with Gasteiger partial charge in [0.1, 0.15) is 5.75 Å². The molecule has 4 N–H and O–H groups in total. The summed E-state index contributed by atoms with van der Waals surface area (Å²) in [5.41, 5.74) is 8.85. The first-order valence-electron chi connectivity index (χ1n) is 6.10. The van der Waals surface area contributed by atoms with Crippen LogP contribution in [-0.2, 0) is 0 Å². The van der Waals surface area contributed by atoms with Gasteiger partial charge < -0.3 is 20.2 Å². The molecule has 6 nitrogen and oxygen atoms in total. The van der Waals surface area contributed by atoms with Crippen LogP contribution in [-0.4, -0.2) is 12.1 Å². The quantitative estimate of drug-likeness (QED) is 0.631. The molecule has 0 fully saturated rings. The minimum Gasteiger partial charge on any atom is -0.495 e. The van der Waals surface area contributed by atoms with Crippen LogP contribution in [0.3, 0.4) is 0 Å². The van der Waals surface area contributed by atoms with Crippen LogP contribution in [0.2, 0.25) is 0 Å². The van der Waals surface area contributed by atoms with Gasteiger partial charge in [0.15, 0.2) is 5.58 Å². The third kappa shape index (κ3) is 2.59. The summed E-state index contributed by atoms with van der Waals surface area (Å²) in [6.07, 6.45) is 0. The predicted octanol–water partition coefficient (Wildman–Crippen LogP) is 3.22. The molecule has 0 spiro atoms. The van der Waals surface area contributed by atoms with E-state index in [0.29, 0.717) is 28.2 Å². The van der Waals surface area contributed by atoms with Crippen molar-refractivity contribution < 1.29 is 9.15 Å². The topological polar surface area (TPSA) is 93.3 Å². The number of ether oxygens (including phenoxy) is 1. The van der Waals surface area contributed by atoms with Crippen molar-refractivity contribution in [1.82, 2.24) is 4.98 Å². The molecule has 0 radical (unpaired) electrons. The Hall–Kier alpha value is -2.41. The van der Waals surface area contributed by atoms with Crippen molar-refractivity contribution in [1.29, 1.82) is 0 Å². The number of benzene rings is 2. The predicted molar refractivity (Wildman–Crippen MR) is 85.2 cm³/mol. The molecule has 0 unspecified atom stereocenters. The Bertz CT molecular complexity index is 870. The van der Waals surface area contributed by atoms with E-state index < -0.39 is 5.76 Å². The lowest BCUT2D eigenvalue weighted by Gasteiger charge is -2.13. The number of nitrogens with two attached hydrogens (primary N) is 1. The molecule has 0 aliphatic carbocycles. The van der Waals surface area contributed by atoms with Gasteiger partial charge in [0.05, 0.1) is 29.7 Å². The number of H-pyrrole nitrogens is 1. The standard InChI is InChI=1S/C14H12BrN3O3/c1-20-12-3-2-7(15)4-10(12)17-9-6-11-13(5-8(9)16)21-14(19)18-11/h2-6,17H,16H2,1H3,(H,18,19). The largest absolute Gasteiger partial charge is 0.495 e. The van der Waals surface area contributed by atoms with E-state index in [-0.39, 0.29) is 0 Å². The Balaban J connectivity index is 2.07. The number of hydrogen-bond donors (Lipinski definition) is 3. The molecule has 108 valence electrons. The Morgan fingerprint density at radius 3 is 2.86 bits per heavy atom. The first-order chi connectivity index (χ1) is 10.1. The highest BCUT2D eigenvalue weighted by Crippen LogP contribution is 2.33. The summed E-state index contributed by atoms with van der Waals surface area (Å²) in [6, 6.07) is 8.90. The van der Waals surface area contributed by atoms with Crippen LogP contribution in [0, 0.1) is 0 Å². The molecule has 0 saturated heterocycles. The normalized spacial score (nSPS) is 10.8. The molecule has 7 heteroatoms. The van der Waals surface area contributed by atoms with Gasteiger partial charge in [0.25, 0.3) is 0 Å². The van der Waals surface area contributed by atoms with Gasteiger partial charge in [-0.05, 0) is 24.3 Å². The molecule has 1 aromatic heterocycles. The van der Waals surface area contributed by atoms with Crippen molar-refractivity contribution in [3.63, 3.8) is 0 Å². The van der Waals surface area contributed by atoms with Gasteiger partial charge >= 0.3 is 5.76 Å². The smallest absolute Gasteiger partial charge is 0.417 e. The fraction of sp³-hybridized carbons (Fsp3) is 0.0714. The number of oxazole rings is 1. The van der Waals surface area contributed by atoms with E-state index in [1.54, 1.807) is 19.2 Å². The zero-order chi connectivity index (χ0) is 15.0. The Kier molecular flexibility index (Phi) is 3.34. The Morgan fingerprint density at radius 2 is 2.10 bits per heavy atom. The molecule has 0 aliphatic rings.